The number of thioether (sulfide) groups is 1. The Labute approximate surface area is 375 Å². The van der Waals surface area contributed by atoms with E-state index in [1.807, 2.05) is 48.4 Å². The SMILES string of the molecule is C=CC(=O)Oc1cc(OC(=O)C=C)cc(C(=O)OCCSC2=C(/C=C/c3ccc(N(C)CCOC(=O)c4cc(OC(=O)C=C)cc(OC(=O)C=C)c4)cc3)CC(C)(C)C/C2=C\C=O)c1. The van der Waals surface area contributed by atoms with Crippen LogP contribution < -0.4 is 23.8 Å². The van der Waals surface area contributed by atoms with Gasteiger partial charge in [-0.05, 0) is 77.4 Å². The van der Waals surface area contributed by atoms with E-state index in [4.69, 9.17) is 28.4 Å². The molecule has 0 aliphatic heterocycles. The van der Waals surface area contributed by atoms with Crippen molar-refractivity contribution in [3.8, 4) is 23.0 Å². The van der Waals surface area contributed by atoms with Crippen molar-refractivity contribution in [2.45, 2.75) is 26.7 Å². The van der Waals surface area contributed by atoms with Gasteiger partial charge in [0.15, 0.2) is 0 Å². The lowest BCUT2D eigenvalue weighted by molar-refractivity contribution is -0.130. The Morgan fingerprint density at radius 1 is 0.656 bits per heavy atom. The van der Waals surface area contributed by atoms with Crippen LogP contribution in [0.25, 0.3) is 6.08 Å². The van der Waals surface area contributed by atoms with Crippen molar-refractivity contribution in [2.24, 2.45) is 5.41 Å². The van der Waals surface area contributed by atoms with Crippen molar-refractivity contribution in [3.05, 3.63) is 156 Å². The number of rotatable bonds is 21. The van der Waals surface area contributed by atoms with Crippen LogP contribution in [0.1, 0.15) is 53.0 Å². The maximum Gasteiger partial charge on any atom is 0.338 e. The summed E-state index contributed by atoms with van der Waals surface area (Å²) in [7, 11) is 1.84. The number of allylic oxidation sites excluding steroid dienone is 4. The van der Waals surface area contributed by atoms with E-state index < -0.39 is 35.8 Å². The van der Waals surface area contributed by atoms with Gasteiger partial charge < -0.3 is 33.3 Å². The van der Waals surface area contributed by atoms with Gasteiger partial charge in [-0.2, -0.15) is 0 Å². The third-order valence-corrected chi connectivity index (χ3v) is 10.2. The first-order chi connectivity index (χ1) is 30.6. The normalized spacial score (nSPS) is 13.5. The summed E-state index contributed by atoms with van der Waals surface area (Å²) in [6.45, 7) is 18.0. The van der Waals surface area contributed by atoms with E-state index in [2.05, 4.69) is 40.2 Å². The van der Waals surface area contributed by atoms with Crippen molar-refractivity contribution in [2.75, 3.05) is 37.5 Å². The molecule has 1 aliphatic rings. The second-order valence-corrected chi connectivity index (χ2v) is 15.7. The van der Waals surface area contributed by atoms with Gasteiger partial charge in [-0.15, -0.1) is 11.8 Å². The molecule has 3 aromatic rings. The minimum atomic E-state index is -0.778. The fourth-order valence-corrected chi connectivity index (χ4v) is 7.15. The summed E-state index contributed by atoms with van der Waals surface area (Å²) in [5.74, 6) is -4.43. The minimum absolute atomic E-state index is 0.00420. The average Bonchev–Trinajstić information content (AvgIpc) is 3.27. The predicted octanol–water partition coefficient (Wildman–Crippen LogP) is 8.15. The third-order valence-electron chi connectivity index (χ3n) is 9.00. The Balaban J connectivity index is 1.41. The standard InChI is InChI=1S/C49H47NO13S/c1-8-42(52)60-38-24-35(25-39(28-38)61-43(53)9-2)47(56)58-21-19-50(7)37-16-13-32(14-17-37)12-15-33-30-49(5,6)31-34(18-20-51)46(33)64-23-22-59-48(57)36-26-40(62-44(54)10-3)29-41(27-36)63-45(55)11-4/h8-18,20,24-29H,1-4,19,21-23,30-31H2,5-7H3/b15-12+,34-18+. The monoisotopic (exact) mass is 889 g/mol. The topological polar surface area (TPSA) is 178 Å². The lowest BCUT2D eigenvalue weighted by atomic mass is 9.75. The van der Waals surface area contributed by atoms with E-state index in [9.17, 15) is 33.6 Å². The lowest BCUT2D eigenvalue weighted by Crippen LogP contribution is -2.24. The highest BCUT2D eigenvalue weighted by Gasteiger charge is 2.30. The van der Waals surface area contributed by atoms with Gasteiger partial charge in [-0.3, -0.25) is 4.79 Å². The van der Waals surface area contributed by atoms with Crippen molar-refractivity contribution in [3.63, 3.8) is 0 Å². The molecule has 0 heterocycles. The number of hydrogen-bond acceptors (Lipinski definition) is 15. The molecule has 3 aromatic carbocycles. The number of carbonyl (C=O) groups is 7. The van der Waals surface area contributed by atoms with E-state index in [-0.39, 0.29) is 52.8 Å². The predicted molar refractivity (Wildman–Crippen MR) is 242 cm³/mol. The Hall–Kier alpha value is -7.52. The Morgan fingerprint density at radius 2 is 1.11 bits per heavy atom. The van der Waals surface area contributed by atoms with Crippen LogP contribution in [0.2, 0.25) is 0 Å². The van der Waals surface area contributed by atoms with Gasteiger partial charge in [-0.25, -0.2) is 28.8 Å². The fraction of sp³-hybridized carbons (Fsp3) is 0.204. The van der Waals surface area contributed by atoms with E-state index in [1.165, 1.54) is 48.2 Å². The quantitative estimate of drug-likeness (QED) is 0.0329. The molecule has 0 N–H and O–H groups in total. The molecule has 0 bridgehead atoms. The Morgan fingerprint density at radius 3 is 1.55 bits per heavy atom. The molecule has 0 fully saturated rings. The number of ether oxygens (including phenoxy) is 6. The van der Waals surface area contributed by atoms with Gasteiger partial charge in [-0.1, -0.05) is 64.4 Å². The summed E-state index contributed by atoms with van der Waals surface area (Å²) in [6, 6.07) is 15.4. The molecule has 0 saturated heterocycles. The smallest absolute Gasteiger partial charge is 0.338 e. The molecule has 15 heteroatoms. The van der Waals surface area contributed by atoms with Gasteiger partial charge in [0.1, 0.15) is 42.5 Å². The molecule has 0 saturated carbocycles. The van der Waals surface area contributed by atoms with Crippen LogP contribution in [-0.2, 0) is 33.4 Å². The largest absolute Gasteiger partial charge is 0.461 e. The van der Waals surface area contributed by atoms with Gasteiger partial charge in [0.25, 0.3) is 0 Å². The second kappa shape index (κ2) is 23.6. The molecule has 64 heavy (non-hydrogen) atoms. The van der Waals surface area contributed by atoms with Crippen molar-refractivity contribution in [1.82, 2.24) is 0 Å². The first-order valence-corrected chi connectivity index (χ1v) is 20.6. The highest BCUT2D eigenvalue weighted by Crippen LogP contribution is 2.46. The van der Waals surface area contributed by atoms with Crippen LogP contribution in [-0.4, -0.2) is 74.7 Å². The summed E-state index contributed by atoms with van der Waals surface area (Å²) < 4.78 is 31.5. The molecule has 0 radical (unpaired) electrons. The van der Waals surface area contributed by atoms with E-state index in [0.717, 1.165) is 64.3 Å². The Bertz CT molecular complexity index is 2340. The van der Waals surface area contributed by atoms with Crippen LogP contribution in [0.3, 0.4) is 0 Å². The summed E-state index contributed by atoms with van der Waals surface area (Å²) in [5, 5.41) is 0. The first-order valence-electron chi connectivity index (χ1n) is 19.6. The number of anilines is 1. The molecule has 14 nitrogen and oxygen atoms in total. The van der Waals surface area contributed by atoms with Crippen molar-refractivity contribution in [1.29, 1.82) is 0 Å². The van der Waals surface area contributed by atoms with Crippen LogP contribution in [0, 0.1) is 5.41 Å². The van der Waals surface area contributed by atoms with E-state index in [1.54, 1.807) is 6.08 Å². The first kappa shape index (κ1) is 49.1. The minimum Gasteiger partial charge on any atom is -0.461 e. The maximum absolute atomic E-state index is 13.1. The summed E-state index contributed by atoms with van der Waals surface area (Å²) in [6.07, 6.45) is 11.5. The van der Waals surface area contributed by atoms with Crippen LogP contribution in [0.15, 0.2) is 139 Å². The van der Waals surface area contributed by atoms with Crippen LogP contribution in [0.5, 0.6) is 23.0 Å². The van der Waals surface area contributed by atoms with Gasteiger partial charge in [0, 0.05) is 59.8 Å². The van der Waals surface area contributed by atoms with Gasteiger partial charge in [0.2, 0.25) is 0 Å². The molecular weight excluding hydrogens is 843 g/mol. The van der Waals surface area contributed by atoms with Gasteiger partial charge >= 0.3 is 35.8 Å². The summed E-state index contributed by atoms with van der Waals surface area (Å²) >= 11 is 1.45. The number of hydrogen-bond donors (Lipinski definition) is 0. The number of likely N-dealkylation sites (N-methyl/N-ethyl adjacent to an activating group) is 1. The molecular formula is C49H47NO13S. The molecule has 0 amide bonds. The second-order valence-electron chi connectivity index (χ2n) is 14.6. The molecule has 1 aliphatic carbocycles. The number of benzene rings is 3. The molecule has 0 aromatic heterocycles. The number of nitrogens with zero attached hydrogens (tertiary/aromatic N) is 1. The van der Waals surface area contributed by atoms with Crippen LogP contribution >= 0.6 is 11.8 Å². The lowest BCUT2D eigenvalue weighted by Gasteiger charge is -2.34. The third kappa shape index (κ3) is 15.1. The fourth-order valence-electron chi connectivity index (χ4n) is 6.13. The van der Waals surface area contributed by atoms with E-state index in [0.29, 0.717) is 18.7 Å². The molecule has 4 rings (SSSR count). The number of esters is 6. The highest BCUT2D eigenvalue weighted by molar-refractivity contribution is 8.03. The summed E-state index contributed by atoms with van der Waals surface area (Å²) in [5.41, 5.74) is 3.46. The molecule has 0 spiro atoms. The zero-order valence-corrected chi connectivity index (χ0v) is 36.4. The number of aldehydes is 1. The zero-order valence-electron chi connectivity index (χ0n) is 35.6. The highest BCUT2D eigenvalue weighted by atomic mass is 32.2. The van der Waals surface area contributed by atoms with Gasteiger partial charge in [0.05, 0.1) is 17.7 Å². The number of carbonyl (C=O) groups excluding carboxylic acids is 7. The Kier molecular flexibility index (Phi) is 18.1. The van der Waals surface area contributed by atoms with Crippen molar-refractivity contribution < 1.29 is 62.0 Å². The van der Waals surface area contributed by atoms with Crippen molar-refractivity contribution >= 4 is 65.6 Å². The molecule has 0 unspecified atom stereocenters. The maximum atomic E-state index is 13.1. The zero-order chi connectivity index (χ0) is 46.8. The molecule has 332 valence electrons. The average molecular weight is 890 g/mol. The van der Waals surface area contributed by atoms with Crippen LogP contribution in [0.4, 0.5) is 5.69 Å². The van der Waals surface area contributed by atoms with E-state index >= 15 is 0 Å². The summed E-state index contributed by atoms with van der Waals surface area (Å²) in [4.78, 5) is 87.7. The molecule has 0 atom stereocenters.